The van der Waals surface area contributed by atoms with Crippen molar-refractivity contribution in [2.45, 2.75) is 26.8 Å². The van der Waals surface area contributed by atoms with E-state index in [9.17, 15) is 5.11 Å². The summed E-state index contributed by atoms with van der Waals surface area (Å²) in [5.41, 5.74) is 6.69. The number of benzene rings is 1. The summed E-state index contributed by atoms with van der Waals surface area (Å²) in [7, 11) is 0. The molecule has 0 spiro atoms. The molecular weight excluding hydrogens is 230 g/mol. The second-order valence-corrected chi connectivity index (χ2v) is 5.35. The van der Waals surface area contributed by atoms with Crippen molar-refractivity contribution in [3.8, 4) is 17.1 Å². The minimum absolute atomic E-state index is 0.140. The fraction of sp³-hybridized carbons (Fsp3) is 0.385. The van der Waals surface area contributed by atoms with Gasteiger partial charge >= 0.3 is 0 Å². The van der Waals surface area contributed by atoms with Crippen molar-refractivity contribution >= 4 is 0 Å². The normalized spacial score (nSPS) is 13.6. The highest BCUT2D eigenvalue weighted by Crippen LogP contribution is 2.30. The molecule has 96 valence electrons. The molecule has 0 fully saturated rings. The van der Waals surface area contributed by atoms with Crippen LogP contribution in [-0.4, -0.2) is 15.2 Å². The van der Waals surface area contributed by atoms with Crippen LogP contribution in [0.5, 0.6) is 5.75 Å². The van der Waals surface area contributed by atoms with Gasteiger partial charge in [-0.05, 0) is 29.7 Å². The molecule has 1 heterocycles. The summed E-state index contributed by atoms with van der Waals surface area (Å²) < 4.78 is 5.19. The summed E-state index contributed by atoms with van der Waals surface area (Å²) in [6, 6.07) is 6.30. The van der Waals surface area contributed by atoms with E-state index < -0.39 is 0 Å². The lowest BCUT2D eigenvalue weighted by Gasteiger charge is -2.23. The first-order valence-electron chi connectivity index (χ1n) is 5.76. The molecule has 0 unspecified atom stereocenters. The lowest BCUT2D eigenvalue weighted by molar-refractivity contribution is 0.253. The van der Waals surface area contributed by atoms with E-state index in [1.54, 1.807) is 24.3 Å². The average Bonchev–Trinajstić information content (AvgIpc) is 2.77. The van der Waals surface area contributed by atoms with Gasteiger partial charge in [0, 0.05) is 5.56 Å². The molecule has 0 bridgehead atoms. The second-order valence-electron chi connectivity index (χ2n) is 5.35. The summed E-state index contributed by atoms with van der Waals surface area (Å²) in [6.45, 7) is 6.05. The fourth-order valence-electron chi connectivity index (χ4n) is 1.46. The van der Waals surface area contributed by atoms with E-state index in [2.05, 4.69) is 10.1 Å². The summed E-state index contributed by atoms with van der Waals surface area (Å²) in [6.07, 6.45) is 0. The van der Waals surface area contributed by atoms with Gasteiger partial charge in [0.15, 0.2) is 0 Å². The molecule has 3 N–H and O–H groups in total. The quantitative estimate of drug-likeness (QED) is 0.851. The Bertz CT molecular complexity index is 526. The van der Waals surface area contributed by atoms with Gasteiger partial charge in [-0.25, -0.2) is 0 Å². The van der Waals surface area contributed by atoms with Crippen LogP contribution in [0.4, 0.5) is 0 Å². The Hall–Kier alpha value is -1.88. The topological polar surface area (TPSA) is 85.2 Å². The van der Waals surface area contributed by atoms with Crippen molar-refractivity contribution < 1.29 is 9.63 Å². The molecule has 2 rings (SSSR count). The number of aromatic hydroxyl groups is 1. The SMILES string of the molecule is CC(C)(C)[C@@H](N)c1nc(-c2ccc(O)cc2)no1. The van der Waals surface area contributed by atoms with Crippen LogP contribution in [0, 0.1) is 5.41 Å². The lowest BCUT2D eigenvalue weighted by atomic mass is 9.87. The second kappa shape index (κ2) is 4.42. The van der Waals surface area contributed by atoms with E-state index in [0.717, 1.165) is 5.56 Å². The summed E-state index contributed by atoms with van der Waals surface area (Å²) in [4.78, 5) is 4.29. The molecule has 0 amide bonds. The third kappa shape index (κ3) is 2.51. The van der Waals surface area contributed by atoms with E-state index >= 15 is 0 Å². The predicted molar refractivity (Wildman–Crippen MR) is 67.8 cm³/mol. The van der Waals surface area contributed by atoms with Gasteiger partial charge in [0.2, 0.25) is 11.7 Å². The largest absolute Gasteiger partial charge is 0.508 e. The van der Waals surface area contributed by atoms with E-state index in [1.165, 1.54) is 0 Å². The highest BCUT2D eigenvalue weighted by atomic mass is 16.5. The number of nitrogens with zero attached hydrogens (tertiary/aromatic N) is 2. The highest BCUT2D eigenvalue weighted by molar-refractivity contribution is 5.55. The molecule has 0 aliphatic rings. The van der Waals surface area contributed by atoms with Gasteiger partial charge in [-0.15, -0.1) is 0 Å². The van der Waals surface area contributed by atoms with Crippen LogP contribution in [0.15, 0.2) is 28.8 Å². The first-order valence-corrected chi connectivity index (χ1v) is 5.76. The average molecular weight is 247 g/mol. The van der Waals surface area contributed by atoms with Crippen LogP contribution in [-0.2, 0) is 0 Å². The van der Waals surface area contributed by atoms with Crippen molar-refractivity contribution in [3.05, 3.63) is 30.2 Å². The number of phenolic OH excluding ortho intramolecular Hbond substituents is 1. The minimum atomic E-state index is -0.309. The van der Waals surface area contributed by atoms with Crippen molar-refractivity contribution in [3.63, 3.8) is 0 Å². The zero-order valence-corrected chi connectivity index (χ0v) is 10.7. The van der Waals surface area contributed by atoms with Crippen LogP contribution in [0.25, 0.3) is 11.4 Å². The molecule has 1 aromatic heterocycles. The van der Waals surface area contributed by atoms with Gasteiger partial charge in [-0.1, -0.05) is 25.9 Å². The van der Waals surface area contributed by atoms with E-state index in [-0.39, 0.29) is 17.2 Å². The number of nitrogens with two attached hydrogens (primary N) is 1. The molecule has 18 heavy (non-hydrogen) atoms. The number of phenols is 1. The number of hydrogen-bond acceptors (Lipinski definition) is 5. The highest BCUT2D eigenvalue weighted by Gasteiger charge is 2.27. The van der Waals surface area contributed by atoms with Gasteiger partial charge in [0.1, 0.15) is 5.75 Å². The Morgan fingerprint density at radius 2 is 1.83 bits per heavy atom. The first kappa shape index (κ1) is 12.6. The maximum Gasteiger partial charge on any atom is 0.244 e. The van der Waals surface area contributed by atoms with Gasteiger partial charge in [-0.2, -0.15) is 4.98 Å². The van der Waals surface area contributed by atoms with E-state index in [4.69, 9.17) is 10.3 Å². The Morgan fingerprint density at radius 3 is 2.39 bits per heavy atom. The third-order valence-corrected chi connectivity index (χ3v) is 2.77. The lowest BCUT2D eigenvalue weighted by Crippen LogP contribution is -2.26. The maximum atomic E-state index is 9.22. The third-order valence-electron chi connectivity index (χ3n) is 2.77. The molecule has 0 saturated heterocycles. The van der Waals surface area contributed by atoms with Gasteiger partial charge in [-0.3, -0.25) is 0 Å². The smallest absolute Gasteiger partial charge is 0.244 e. The van der Waals surface area contributed by atoms with Crippen LogP contribution in [0.2, 0.25) is 0 Å². The van der Waals surface area contributed by atoms with Crippen molar-refractivity contribution in [1.29, 1.82) is 0 Å². The molecule has 1 atom stereocenters. The number of hydrogen-bond donors (Lipinski definition) is 2. The standard InChI is InChI=1S/C13H17N3O2/c1-13(2,3)10(14)12-15-11(16-18-12)8-4-6-9(17)7-5-8/h4-7,10,17H,14H2,1-3H3/t10-/m0/s1. The Kier molecular flexibility index (Phi) is 3.09. The maximum absolute atomic E-state index is 9.22. The molecule has 2 aromatic rings. The monoisotopic (exact) mass is 247 g/mol. The van der Waals surface area contributed by atoms with Gasteiger partial charge in [0.25, 0.3) is 0 Å². The molecule has 0 saturated carbocycles. The molecule has 1 aromatic carbocycles. The fourth-order valence-corrected chi connectivity index (χ4v) is 1.46. The van der Waals surface area contributed by atoms with Crippen LogP contribution in [0.3, 0.4) is 0 Å². The van der Waals surface area contributed by atoms with Crippen molar-refractivity contribution in [2.24, 2.45) is 11.1 Å². The summed E-state index contributed by atoms with van der Waals surface area (Å²) in [5.74, 6) is 1.10. The van der Waals surface area contributed by atoms with E-state index in [0.29, 0.717) is 11.7 Å². The zero-order chi connectivity index (χ0) is 13.3. The minimum Gasteiger partial charge on any atom is -0.508 e. The van der Waals surface area contributed by atoms with Crippen molar-refractivity contribution in [2.75, 3.05) is 0 Å². The molecule has 0 aliphatic heterocycles. The van der Waals surface area contributed by atoms with Gasteiger partial charge < -0.3 is 15.4 Å². The van der Waals surface area contributed by atoms with Crippen molar-refractivity contribution in [1.82, 2.24) is 10.1 Å². The predicted octanol–water partition coefficient (Wildman–Crippen LogP) is 2.49. The summed E-state index contributed by atoms with van der Waals surface area (Å²) >= 11 is 0. The number of aromatic nitrogens is 2. The molecule has 0 radical (unpaired) electrons. The van der Waals surface area contributed by atoms with Crippen LogP contribution < -0.4 is 5.73 Å². The molecule has 5 heteroatoms. The Labute approximate surface area is 106 Å². The summed E-state index contributed by atoms with van der Waals surface area (Å²) in [5, 5.41) is 13.1. The Morgan fingerprint density at radius 1 is 1.22 bits per heavy atom. The molecular formula is C13H17N3O2. The molecule has 0 aliphatic carbocycles. The van der Waals surface area contributed by atoms with E-state index in [1.807, 2.05) is 20.8 Å². The van der Waals surface area contributed by atoms with Gasteiger partial charge in [0.05, 0.1) is 6.04 Å². The number of rotatable bonds is 2. The van der Waals surface area contributed by atoms with Crippen LogP contribution in [0.1, 0.15) is 32.7 Å². The Balaban J connectivity index is 2.28. The zero-order valence-electron chi connectivity index (χ0n) is 10.7. The first-order chi connectivity index (χ1) is 8.38. The van der Waals surface area contributed by atoms with Crippen LogP contribution >= 0.6 is 0 Å². The molecule has 5 nitrogen and oxygen atoms in total.